The first-order valence-corrected chi connectivity index (χ1v) is 9.57. The first-order valence-electron chi connectivity index (χ1n) is 7.79. The van der Waals surface area contributed by atoms with Crippen LogP contribution in [0.2, 0.25) is 0 Å². The van der Waals surface area contributed by atoms with Gasteiger partial charge in [-0.1, -0.05) is 30.8 Å². The van der Waals surface area contributed by atoms with Crippen LogP contribution in [0.25, 0.3) is 0 Å². The highest BCUT2D eigenvalue weighted by molar-refractivity contribution is 9.10. The van der Waals surface area contributed by atoms with Gasteiger partial charge in [-0.25, -0.2) is 9.97 Å². The van der Waals surface area contributed by atoms with E-state index in [1.165, 1.54) is 11.8 Å². The minimum absolute atomic E-state index is 0.138. The number of carbonyl (C=O) groups excluding carboxylic acids is 2. The van der Waals surface area contributed by atoms with E-state index in [4.69, 9.17) is 0 Å². The van der Waals surface area contributed by atoms with Crippen LogP contribution in [0.5, 0.6) is 0 Å². The molecule has 0 spiro atoms. The van der Waals surface area contributed by atoms with E-state index in [1.807, 2.05) is 25.1 Å². The summed E-state index contributed by atoms with van der Waals surface area (Å²) < 4.78 is 0.491. The molecule has 132 valence electrons. The molecule has 0 radical (unpaired) electrons. The third-order valence-electron chi connectivity index (χ3n) is 3.08. The van der Waals surface area contributed by atoms with E-state index in [2.05, 4.69) is 43.5 Å². The minimum atomic E-state index is -0.424. The topological polar surface area (TPSA) is 84.0 Å². The van der Waals surface area contributed by atoms with Crippen molar-refractivity contribution < 1.29 is 9.59 Å². The van der Waals surface area contributed by atoms with Gasteiger partial charge in [0.2, 0.25) is 5.91 Å². The second kappa shape index (κ2) is 9.53. The number of thioether (sulfide) groups is 1. The van der Waals surface area contributed by atoms with Crippen molar-refractivity contribution in [2.75, 3.05) is 17.6 Å². The summed E-state index contributed by atoms with van der Waals surface area (Å²) in [5.74, 6) is 0.151. The average Bonchev–Trinajstić information content (AvgIpc) is 2.59. The van der Waals surface area contributed by atoms with Gasteiger partial charge in [0.15, 0.2) is 5.16 Å². The van der Waals surface area contributed by atoms with Gasteiger partial charge in [-0.2, -0.15) is 0 Å². The summed E-state index contributed by atoms with van der Waals surface area (Å²) in [7, 11) is 0. The van der Waals surface area contributed by atoms with Crippen LogP contribution in [0.15, 0.2) is 40.1 Å². The third-order valence-corrected chi connectivity index (χ3v) is 4.73. The number of hydrogen-bond donors (Lipinski definition) is 2. The molecule has 8 heteroatoms. The number of benzene rings is 1. The number of hydrogen-bond acceptors (Lipinski definition) is 5. The van der Waals surface area contributed by atoms with Gasteiger partial charge >= 0.3 is 0 Å². The summed E-state index contributed by atoms with van der Waals surface area (Å²) in [6, 6.07) is 7.46. The first-order chi connectivity index (χ1) is 12.0. The summed E-state index contributed by atoms with van der Waals surface area (Å²) in [5, 5.41) is 5.86. The van der Waals surface area contributed by atoms with Crippen LogP contribution < -0.4 is 10.6 Å². The number of nitrogens with one attached hydrogen (secondary N) is 2. The Kier molecular flexibility index (Phi) is 7.39. The Morgan fingerprint density at radius 1 is 1.32 bits per heavy atom. The Morgan fingerprint density at radius 2 is 2.12 bits per heavy atom. The molecule has 2 rings (SSSR count). The zero-order valence-corrected chi connectivity index (χ0v) is 16.4. The molecular weight excluding hydrogens is 404 g/mol. The van der Waals surface area contributed by atoms with Crippen LogP contribution in [0, 0.1) is 6.92 Å². The van der Waals surface area contributed by atoms with Gasteiger partial charge in [0, 0.05) is 17.6 Å². The fourth-order valence-electron chi connectivity index (χ4n) is 1.95. The van der Waals surface area contributed by atoms with Gasteiger partial charge in [-0.05, 0) is 47.0 Å². The fraction of sp³-hybridized carbons (Fsp3) is 0.294. The predicted octanol–water partition coefficient (Wildman–Crippen LogP) is 3.42. The monoisotopic (exact) mass is 422 g/mol. The van der Waals surface area contributed by atoms with E-state index in [0.717, 1.165) is 17.7 Å². The van der Waals surface area contributed by atoms with Crippen LogP contribution in [0.4, 0.5) is 5.69 Å². The Balaban J connectivity index is 1.94. The number of amides is 2. The van der Waals surface area contributed by atoms with Gasteiger partial charge in [-0.3, -0.25) is 9.59 Å². The van der Waals surface area contributed by atoms with Crippen molar-refractivity contribution >= 4 is 45.2 Å². The largest absolute Gasteiger partial charge is 0.342 e. The Hall–Kier alpha value is -1.93. The summed E-state index contributed by atoms with van der Waals surface area (Å²) in [6.07, 6.45) is 2.54. The number of nitrogens with zero attached hydrogens (tertiary/aromatic N) is 2. The number of anilines is 1. The lowest BCUT2D eigenvalue weighted by Crippen LogP contribution is -2.33. The van der Waals surface area contributed by atoms with Crippen LogP contribution in [-0.4, -0.2) is 34.1 Å². The zero-order valence-electron chi connectivity index (χ0n) is 14.0. The highest BCUT2D eigenvalue weighted by Gasteiger charge is 2.15. The number of rotatable bonds is 7. The molecule has 0 aliphatic carbocycles. The molecule has 1 aromatic heterocycles. The van der Waals surface area contributed by atoms with E-state index in [9.17, 15) is 9.59 Å². The predicted molar refractivity (Wildman–Crippen MR) is 103 cm³/mol. The summed E-state index contributed by atoms with van der Waals surface area (Å²) in [6.45, 7) is 3.87. The Morgan fingerprint density at radius 3 is 2.84 bits per heavy atom. The average molecular weight is 423 g/mol. The first kappa shape index (κ1) is 19.4. The summed E-state index contributed by atoms with van der Waals surface area (Å²) in [5.41, 5.74) is 1.96. The second-order valence-electron chi connectivity index (χ2n) is 5.30. The molecule has 6 nitrogen and oxygen atoms in total. The van der Waals surface area contributed by atoms with Crippen molar-refractivity contribution in [2.24, 2.45) is 0 Å². The van der Waals surface area contributed by atoms with Crippen LogP contribution in [0.1, 0.15) is 29.4 Å². The molecule has 0 aliphatic heterocycles. The van der Waals surface area contributed by atoms with Gasteiger partial charge < -0.3 is 10.6 Å². The Bertz CT molecular complexity index is 770. The molecule has 0 atom stereocenters. The van der Waals surface area contributed by atoms with Crippen LogP contribution >= 0.6 is 27.7 Å². The fourth-order valence-corrected chi connectivity index (χ4v) is 2.99. The molecule has 2 N–H and O–H groups in total. The smallest absolute Gasteiger partial charge is 0.271 e. The molecule has 2 amide bonds. The molecule has 1 heterocycles. The van der Waals surface area contributed by atoms with Gasteiger partial charge in [0.1, 0.15) is 5.69 Å². The van der Waals surface area contributed by atoms with Crippen LogP contribution in [0.3, 0.4) is 0 Å². The van der Waals surface area contributed by atoms with E-state index in [-0.39, 0.29) is 18.1 Å². The van der Waals surface area contributed by atoms with E-state index in [1.54, 1.807) is 12.3 Å². The number of aromatic nitrogens is 2. The molecule has 0 bridgehead atoms. The summed E-state index contributed by atoms with van der Waals surface area (Å²) in [4.78, 5) is 32.7. The molecule has 0 fully saturated rings. The van der Waals surface area contributed by atoms with Crippen molar-refractivity contribution in [1.29, 1.82) is 0 Å². The minimum Gasteiger partial charge on any atom is -0.342 e. The van der Waals surface area contributed by atoms with Crippen molar-refractivity contribution in [3.63, 3.8) is 0 Å². The highest BCUT2D eigenvalue weighted by atomic mass is 79.9. The maximum Gasteiger partial charge on any atom is 0.271 e. The number of carbonyl (C=O) groups is 2. The van der Waals surface area contributed by atoms with E-state index < -0.39 is 5.91 Å². The standard InChI is InChI=1S/C17H19BrN4O2S/c1-3-7-25-17-20-9-13(18)15(22-17)16(24)19-10-14(23)21-12-6-4-5-11(2)8-12/h4-6,8-9H,3,7,10H2,1-2H3,(H,19,24)(H,21,23). The third kappa shape index (κ3) is 6.13. The molecular formula is C17H19BrN4O2S. The highest BCUT2D eigenvalue weighted by Crippen LogP contribution is 2.19. The van der Waals surface area contributed by atoms with Gasteiger partial charge in [0.25, 0.3) is 5.91 Å². The molecule has 0 aliphatic rings. The second-order valence-corrected chi connectivity index (χ2v) is 7.21. The maximum absolute atomic E-state index is 12.3. The molecule has 0 unspecified atom stereocenters. The van der Waals surface area contributed by atoms with Crippen molar-refractivity contribution in [3.05, 3.63) is 46.2 Å². The van der Waals surface area contributed by atoms with Gasteiger partial charge in [0.05, 0.1) is 11.0 Å². The lowest BCUT2D eigenvalue weighted by atomic mass is 10.2. The SMILES string of the molecule is CCCSc1ncc(Br)c(C(=O)NCC(=O)Nc2cccc(C)c2)n1. The lowest BCUT2D eigenvalue weighted by molar-refractivity contribution is -0.115. The van der Waals surface area contributed by atoms with Crippen molar-refractivity contribution in [2.45, 2.75) is 25.4 Å². The Labute approximate surface area is 159 Å². The van der Waals surface area contributed by atoms with Gasteiger partial charge in [-0.15, -0.1) is 0 Å². The quantitative estimate of drug-likeness (QED) is 0.527. The number of aryl methyl sites for hydroxylation is 1. The van der Waals surface area contributed by atoms with Crippen molar-refractivity contribution in [3.8, 4) is 0 Å². The zero-order chi connectivity index (χ0) is 18.2. The van der Waals surface area contributed by atoms with Crippen LogP contribution in [-0.2, 0) is 4.79 Å². The molecule has 0 saturated carbocycles. The molecule has 1 aromatic carbocycles. The van der Waals surface area contributed by atoms with E-state index in [0.29, 0.717) is 15.3 Å². The van der Waals surface area contributed by atoms with E-state index >= 15 is 0 Å². The number of halogens is 1. The lowest BCUT2D eigenvalue weighted by Gasteiger charge is -2.08. The van der Waals surface area contributed by atoms with Crippen molar-refractivity contribution in [1.82, 2.24) is 15.3 Å². The molecule has 2 aromatic rings. The normalized spacial score (nSPS) is 10.4. The molecule has 25 heavy (non-hydrogen) atoms. The summed E-state index contributed by atoms with van der Waals surface area (Å²) >= 11 is 4.76. The maximum atomic E-state index is 12.3. The molecule has 0 saturated heterocycles.